The van der Waals surface area contributed by atoms with Crippen molar-refractivity contribution in [3.63, 3.8) is 0 Å². The minimum atomic E-state index is 0.227. The summed E-state index contributed by atoms with van der Waals surface area (Å²) in [6.45, 7) is 2.05. The SMILES string of the molecule is Cc1ccc(C(=O)N2C3CCC2CC(n2cc(Br)cn2)C3)s1. The van der Waals surface area contributed by atoms with Crippen LogP contribution in [-0.2, 0) is 0 Å². The van der Waals surface area contributed by atoms with E-state index in [0.29, 0.717) is 18.1 Å². The second kappa shape index (κ2) is 5.49. The molecule has 1 amide bonds. The topological polar surface area (TPSA) is 38.1 Å². The van der Waals surface area contributed by atoms with Crippen molar-refractivity contribution >= 4 is 33.2 Å². The Morgan fingerprint density at radius 1 is 1.27 bits per heavy atom. The standard InChI is InChI=1S/C16H18BrN3OS/c1-10-2-5-15(22-10)16(21)20-12-3-4-13(20)7-14(6-12)19-9-11(17)8-18-19/h2,5,8-9,12-14H,3-4,6-7H2,1H3. The van der Waals surface area contributed by atoms with Crippen LogP contribution in [0.4, 0.5) is 0 Å². The number of fused-ring (bicyclic) bond motifs is 2. The van der Waals surface area contributed by atoms with E-state index in [1.54, 1.807) is 11.3 Å². The monoisotopic (exact) mass is 379 g/mol. The van der Waals surface area contributed by atoms with Gasteiger partial charge >= 0.3 is 0 Å². The Labute approximate surface area is 142 Å². The number of nitrogens with zero attached hydrogens (tertiary/aromatic N) is 3. The summed E-state index contributed by atoms with van der Waals surface area (Å²) in [6, 6.07) is 5.15. The lowest BCUT2D eigenvalue weighted by molar-refractivity contribution is 0.0529. The maximum absolute atomic E-state index is 12.8. The summed E-state index contributed by atoms with van der Waals surface area (Å²) in [5.41, 5.74) is 0. The molecule has 4 rings (SSSR count). The van der Waals surface area contributed by atoms with E-state index in [1.165, 1.54) is 4.88 Å². The van der Waals surface area contributed by atoms with Crippen LogP contribution in [-0.4, -0.2) is 32.7 Å². The number of piperidine rings is 1. The molecule has 4 nitrogen and oxygen atoms in total. The molecule has 6 heteroatoms. The van der Waals surface area contributed by atoms with Gasteiger partial charge in [-0.05, 0) is 60.7 Å². The number of rotatable bonds is 2. The zero-order valence-electron chi connectivity index (χ0n) is 12.4. The van der Waals surface area contributed by atoms with Crippen LogP contribution < -0.4 is 0 Å². The van der Waals surface area contributed by atoms with Gasteiger partial charge in [0.1, 0.15) is 0 Å². The van der Waals surface area contributed by atoms with E-state index in [9.17, 15) is 4.79 Å². The van der Waals surface area contributed by atoms with Crippen LogP contribution in [0.2, 0.25) is 0 Å². The van der Waals surface area contributed by atoms with Crippen molar-refractivity contribution in [2.75, 3.05) is 0 Å². The highest BCUT2D eigenvalue weighted by atomic mass is 79.9. The first-order chi connectivity index (χ1) is 10.6. The van der Waals surface area contributed by atoms with E-state index in [2.05, 4.69) is 37.5 Å². The summed E-state index contributed by atoms with van der Waals surface area (Å²) in [5.74, 6) is 0.227. The van der Waals surface area contributed by atoms with Gasteiger partial charge in [0, 0.05) is 23.2 Å². The molecule has 0 N–H and O–H groups in total. The summed E-state index contributed by atoms with van der Waals surface area (Å²) in [4.78, 5) is 17.1. The fourth-order valence-corrected chi connectivity index (χ4v) is 5.00. The maximum atomic E-state index is 12.8. The molecule has 116 valence electrons. The van der Waals surface area contributed by atoms with Crippen LogP contribution in [0.25, 0.3) is 0 Å². The highest BCUT2D eigenvalue weighted by Crippen LogP contribution is 2.42. The number of carbonyl (C=O) groups is 1. The summed E-state index contributed by atoms with van der Waals surface area (Å²) < 4.78 is 3.08. The van der Waals surface area contributed by atoms with Crippen molar-refractivity contribution in [1.29, 1.82) is 0 Å². The summed E-state index contributed by atoms with van der Waals surface area (Å²) in [7, 11) is 0. The number of aryl methyl sites for hydroxylation is 1. The van der Waals surface area contributed by atoms with E-state index in [4.69, 9.17) is 0 Å². The minimum Gasteiger partial charge on any atom is -0.332 e. The highest BCUT2D eigenvalue weighted by Gasteiger charge is 2.44. The van der Waals surface area contributed by atoms with Gasteiger partial charge in [-0.15, -0.1) is 11.3 Å². The first-order valence-electron chi connectivity index (χ1n) is 7.70. The third-order valence-corrected chi connectivity index (χ3v) is 6.24. The zero-order chi connectivity index (χ0) is 15.3. The van der Waals surface area contributed by atoms with E-state index in [-0.39, 0.29) is 5.91 Å². The van der Waals surface area contributed by atoms with Crippen LogP contribution in [0, 0.1) is 6.92 Å². The third-order valence-electron chi connectivity index (χ3n) is 4.84. The quantitative estimate of drug-likeness (QED) is 0.789. The number of hydrogen-bond acceptors (Lipinski definition) is 3. The van der Waals surface area contributed by atoms with Crippen molar-refractivity contribution in [2.24, 2.45) is 0 Å². The molecule has 2 unspecified atom stereocenters. The number of halogens is 1. The van der Waals surface area contributed by atoms with Gasteiger partial charge in [-0.3, -0.25) is 9.48 Å². The van der Waals surface area contributed by atoms with Gasteiger partial charge < -0.3 is 4.90 Å². The molecule has 22 heavy (non-hydrogen) atoms. The molecule has 2 saturated heterocycles. The first-order valence-corrected chi connectivity index (χ1v) is 9.31. The molecule has 2 fully saturated rings. The lowest BCUT2D eigenvalue weighted by Gasteiger charge is -2.38. The molecule has 0 aromatic carbocycles. The van der Waals surface area contributed by atoms with Crippen molar-refractivity contribution in [3.05, 3.63) is 38.8 Å². The van der Waals surface area contributed by atoms with Gasteiger partial charge in [-0.25, -0.2) is 0 Å². The number of thiophene rings is 1. The lowest BCUT2D eigenvalue weighted by atomic mass is 9.97. The van der Waals surface area contributed by atoms with Crippen LogP contribution in [0.5, 0.6) is 0 Å². The Morgan fingerprint density at radius 3 is 2.55 bits per heavy atom. The molecule has 0 radical (unpaired) electrons. The Hall–Kier alpha value is -1.14. The molecule has 2 atom stereocenters. The van der Waals surface area contributed by atoms with Crippen molar-refractivity contribution in [1.82, 2.24) is 14.7 Å². The molecular formula is C16H18BrN3OS. The smallest absolute Gasteiger partial charge is 0.264 e. The zero-order valence-corrected chi connectivity index (χ0v) is 14.8. The summed E-state index contributed by atoms with van der Waals surface area (Å²) in [6.07, 6.45) is 8.17. The Balaban J connectivity index is 1.55. The second-order valence-electron chi connectivity index (χ2n) is 6.27. The minimum absolute atomic E-state index is 0.227. The molecule has 0 spiro atoms. The number of carbonyl (C=O) groups excluding carboxylic acids is 1. The average molecular weight is 380 g/mol. The largest absolute Gasteiger partial charge is 0.332 e. The van der Waals surface area contributed by atoms with Crippen LogP contribution in [0.3, 0.4) is 0 Å². The molecule has 2 bridgehead atoms. The molecule has 2 aliphatic rings. The van der Waals surface area contributed by atoms with Gasteiger partial charge in [0.25, 0.3) is 5.91 Å². The number of aromatic nitrogens is 2. The predicted molar refractivity (Wildman–Crippen MR) is 90.2 cm³/mol. The van der Waals surface area contributed by atoms with E-state index >= 15 is 0 Å². The molecular weight excluding hydrogens is 362 g/mol. The van der Waals surface area contributed by atoms with Crippen LogP contribution in [0.15, 0.2) is 29.0 Å². The molecule has 0 aliphatic carbocycles. The molecule has 2 aliphatic heterocycles. The predicted octanol–water partition coefficient (Wildman–Crippen LogP) is 4.02. The summed E-state index contributed by atoms with van der Waals surface area (Å²) >= 11 is 5.07. The van der Waals surface area contributed by atoms with Gasteiger partial charge in [0.2, 0.25) is 0 Å². The molecule has 4 heterocycles. The fourth-order valence-electron chi connectivity index (χ4n) is 3.89. The van der Waals surface area contributed by atoms with Gasteiger partial charge in [0.05, 0.1) is 21.6 Å². The van der Waals surface area contributed by atoms with E-state index < -0.39 is 0 Å². The molecule has 2 aromatic heterocycles. The van der Waals surface area contributed by atoms with Crippen LogP contribution in [0.1, 0.15) is 46.3 Å². The van der Waals surface area contributed by atoms with E-state index in [1.807, 2.05) is 24.5 Å². The highest BCUT2D eigenvalue weighted by molar-refractivity contribution is 9.10. The molecule has 0 saturated carbocycles. The average Bonchev–Trinajstić information content (AvgIpc) is 3.17. The third kappa shape index (κ3) is 2.42. The maximum Gasteiger partial charge on any atom is 0.264 e. The van der Waals surface area contributed by atoms with Crippen molar-refractivity contribution < 1.29 is 4.79 Å². The van der Waals surface area contributed by atoms with Crippen LogP contribution >= 0.6 is 27.3 Å². The van der Waals surface area contributed by atoms with E-state index in [0.717, 1.165) is 35.0 Å². The normalized spacial score (nSPS) is 27.4. The van der Waals surface area contributed by atoms with Gasteiger partial charge in [0.15, 0.2) is 0 Å². The second-order valence-corrected chi connectivity index (χ2v) is 8.48. The van der Waals surface area contributed by atoms with Gasteiger partial charge in [-0.1, -0.05) is 0 Å². The van der Waals surface area contributed by atoms with Crippen molar-refractivity contribution in [3.8, 4) is 0 Å². The summed E-state index contributed by atoms with van der Waals surface area (Å²) in [5, 5.41) is 4.44. The Morgan fingerprint density at radius 2 is 2.00 bits per heavy atom. The van der Waals surface area contributed by atoms with Crippen molar-refractivity contribution in [2.45, 2.75) is 50.7 Å². The first kappa shape index (κ1) is 14.5. The fraction of sp³-hybridized carbons (Fsp3) is 0.500. The Bertz CT molecular complexity index is 696. The lowest BCUT2D eigenvalue weighted by Crippen LogP contribution is -2.46. The number of amides is 1. The Kier molecular flexibility index (Phi) is 3.61. The number of hydrogen-bond donors (Lipinski definition) is 0. The molecule has 2 aromatic rings. The van der Waals surface area contributed by atoms with Gasteiger partial charge in [-0.2, -0.15) is 5.10 Å².